The molecule has 2 nitrogen and oxygen atoms in total. The maximum absolute atomic E-state index is 13.7. The number of hydrogen-bond acceptors (Lipinski definition) is 1. The smallest absolute Gasteiger partial charge is 0.228 e. The van der Waals surface area contributed by atoms with Crippen LogP contribution in [0.15, 0.2) is 60.7 Å². The van der Waals surface area contributed by atoms with Crippen LogP contribution in [0.1, 0.15) is 57.7 Å². The molecule has 3 aliphatic rings. The number of aryl methyl sites for hydroxylation is 3. The third-order valence-corrected chi connectivity index (χ3v) is 7.01. The minimum Gasteiger partial charge on any atom is -0.325 e. The average molecular weight is 382 g/mol. The minimum absolute atomic E-state index is 0.0649. The van der Waals surface area contributed by atoms with E-state index in [0.717, 1.165) is 16.8 Å². The lowest BCUT2D eigenvalue weighted by Gasteiger charge is -2.49. The van der Waals surface area contributed by atoms with Crippen LogP contribution >= 0.6 is 0 Å². The third kappa shape index (κ3) is 2.66. The molecule has 6 rings (SSSR count). The van der Waals surface area contributed by atoms with Gasteiger partial charge in [-0.1, -0.05) is 73.2 Å². The van der Waals surface area contributed by atoms with Crippen molar-refractivity contribution in [1.29, 1.82) is 0 Å². The van der Waals surface area contributed by atoms with Crippen LogP contribution in [0, 0.1) is 32.6 Å². The topological polar surface area (TPSA) is 29.1 Å². The predicted octanol–water partition coefficient (Wildman–Crippen LogP) is 6.09. The highest BCUT2D eigenvalue weighted by Gasteiger charge is 2.50. The summed E-state index contributed by atoms with van der Waals surface area (Å²) in [6, 6.07) is 21.7. The molecular formula is C27H27NO. The number of anilines is 1. The fraction of sp³-hybridized carbons (Fsp3) is 0.296. The number of carbonyl (C=O) groups excluding carboxylic acids is 1. The molecule has 0 saturated carbocycles. The molecule has 3 aromatic rings. The van der Waals surface area contributed by atoms with Gasteiger partial charge in [-0.3, -0.25) is 4.79 Å². The normalized spacial score (nSPS) is 24.0. The summed E-state index contributed by atoms with van der Waals surface area (Å²) in [6.07, 6.45) is 0. The summed E-state index contributed by atoms with van der Waals surface area (Å²) in [7, 11) is 0. The molecule has 0 heterocycles. The van der Waals surface area contributed by atoms with Gasteiger partial charge in [0, 0.05) is 17.5 Å². The van der Waals surface area contributed by atoms with E-state index in [1.54, 1.807) is 0 Å². The number of benzene rings is 3. The molecule has 2 bridgehead atoms. The van der Waals surface area contributed by atoms with E-state index in [1.807, 2.05) is 0 Å². The zero-order valence-corrected chi connectivity index (χ0v) is 17.5. The molecule has 0 radical (unpaired) electrons. The Labute approximate surface area is 173 Å². The van der Waals surface area contributed by atoms with Crippen LogP contribution in [0.3, 0.4) is 0 Å². The van der Waals surface area contributed by atoms with Crippen molar-refractivity contribution in [2.45, 2.75) is 39.5 Å². The Morgan fingerprint density at radius 3 is 1.69 bits per heavy atom. The van der Waals surface area contributed by atoms with Gasteiger partial charge in [-0.15, -0.1) is 0 Å². The first kappa shape index (κ1) is 18.2. The zero-order valence-electron chi connectivity index (χ0n) is 17.5. The van der Waals surface area contributed by atoms with Gasteiger partial charge in [-0.05, 0) is 60.1 Å². The van der Waals surface area contributed by atoms with Gasteiger partial charge in [-0.2, -0.15) is 0 Å². The van der Waals surface area contributed by atoms with Crippen LogP contribution in [0.2, 0.25) is 0 Å². The van der Waals surface area contributed by atoms with E-state index in [0.29, 0.717) is 0 Å². The summed E-state index contributed by atoms with van der Waals surface area (Å²) in [6.45, 7) is 8.51. The highest BCUT2D eigenvalue weighted by atomic mass is 16.1. The highest BCUT2D eigenvalue weighted by molar-refractivity contribution is 5.96. The Kier molecular flexibility index (Phi) is 4.13. The molecule has 2 heteroatoms. The van der Waals surface area contributed by atoms with Crippen LogP contribution in [0.25, 0.3) is 0 Å². The summed E-state index contributed by atoms with van der Waals surface area (Å²) in [4.78, 5) is 13.7. The van der Waals surface area contributed by atoms with Crippen molar-refractivity contribution in [3.8, 4) is 0 Å². The lowest BCUT2D eigenvalue weighted by molar-refractivity contribution is -0.122. The van der Waals surface area contributed by atoms with E-state index in [1.165, 1.54) is 27.8 Å². The van der Waals surface area contributed by atoms with E-state index >= 15 is 0 Å². The first-order valence-electron chi connectivity index (χ1n) is 10.5. The maximum Gasteiger partial charge on any atom is 0.228 e. The molecule has 0 fully saturated rings. The number of carbonyl (C=O) groups is 1. The molecular weight excluding hydrogens is 354 g/mol. The second-order valence-electron chi connectivity index (χ2n) is 8.86. The summed E-state index contributed by atoms with van der Waals surface area (Å²) in [5.41, 5.74) is 9.90. The van der Waals surface area contributed by atoms with E-state index in [4.69, 9.17) is 0 Å². The Bertz CT molecular complexity index is 1060. The quantitative estimate of drug-likeness (QED) is 0.571. The number of hydrogen-bond donors (Lipinski definition) is 1. The molecule has 0 aliphatic heterocycles. The molecule has 1 N–H and O–H groups in total. The first-order valence-corrected chi connectivity index (χ1v) is 10.5. The van der Waals surface area contributed by atoms with Crippen molar-refractivity contribution in [1.82, 2.24) is 0 Å². The lowest BCUT2D eigenvalue weighted by Crippen LogP contribution is -2.44. The molecule has 0 saturated heterocycles. The molecule has 0 spiro atoms. The third-order valence-electron chi connectivity index (χ3n) is 7.01. The number of rotatable bonds is 2. The summed E-state index contributed by atoms with van der Waals surface area (Å²) in [5.74, 6) is 0.740. The summed E-state index contributed by atoms with van der Waals surface area (Å²) >= 11 is 0. The largest absolute Gasteiger partial charge is 0.325 e. The van der Waals surface area contributed by atoms with E-state index < -0.39 is 0 Å². The Morgan fingerprint density at radius 2 is 1.21 bits per heavy atom. The van der Waals surface area contributed by atoms with Crippen LogP contribution in [-0.4, -0.2) is 5.91 Å². The van der Waals surface area contributed by atoms with Crippen molar-refractivity contribution in [2.24, 2.45) is 11.8 Å². The van der Waals surface area contributed by atoms with Crippen LogP contribution in [-0.2, 0) is 4.79 Å². The molecule has 0 unspecified atom stereocenters. The van der Waals surface area contributed by atoms with Gasteiger partial charge < -0.3 is 5.32 Å². The molecule has 2 atom stereocenters. The number of amides is 1. The Hall–Kier alpha value is -2.87. The van der Waals surface area contributed by atoms with Crippen LogP contribution in [0.4, 0.5) is 5.69 Å². The monoisotopic (exact) mass is 381 g/mol. The fourth-order valence-corrected chi connectivity index (χ4v) is 5.93. The van der Waals surface area contributed by atoms with Gasteiger partial charge in [0.1, 0.15) is 0 Å². The highest BCUT2D eigenvalue weighted by Crippen LogP contribution is 2.58. The predicted molar refractivity (Wildman–Crippen MR) is 119 cm³/mol. The lowest BCUT2D eigenvalue weighted by atomic mass is 9.54. The molecule has 146 valence electrons. The fourth-order valence-electron chi connectivity index (χ4n) is 5.93. The van der Waals surface area contributed by atoms with E-state index in [2.05, 4.69) is 93.7 Å². The molecule has 0 aromatic heterocycles. The molecule has 3 aliphatic carbocycles. The molecule has 1 amide bonds. The average Bonchev–Trinajstić information content (AvgIpc) is 2.70. The van der Waals surface area contributed by atoms with Gasteiger partial charge in [0.25, 0.3) is 0 Å². The van der Waals surface area contributed by atoms with Gasteiger partial charge in [0.05, 0.1) is 5.92 Å². The number of nitrogens with one attached hydrogen (secondary N) is 1. The van der Waals surface area contributed by atoms with Crippen molar-refractivity contribution < 1.29 is 4.79 Å². The van der Waals surface area contributed by atoms with E-state index in [9.17, 15) is 4.79 Å². The van der Waals surface area contributed by atoms with Crippen LogP contribution in [0.5, 0.6) is 0 Å². The van der Waals surface area contributed by atoms with Crippen molar-refractivity contribution in [2.75, 3.05) is 5.32 Å². The molecule has 3 aromatic carbocycles. The first-order chi connectivity index (χ1) is 14.0. The van der Waals surface area contributed by atoms with Gasteiger partial charge in [-0.25, -0.2) is 0 Å². The Balaban J connectivity index is 1.60. The van der Waals surface area contributed by atoms with Crippen LogP contribution < -0.4 is 5.32 Å². The Morgan fingerprint density at radius 1 is 0.759 bits per heavy atom. The van der Waals surface area contributed by atoms with Crippen molar-refractivity contribution in [3.63, 3.8) is 0 Å². The minimum atomic E-state index is -0.0649. The zero-order chi connectivity index (χ0) is 20.3. The maximum atomic E-state index is 13.7. The number of fused-ring (bicyclic) bond motifs is 1. The van der Waals surface area contributed by atoms with Gasteiger partial charge in [0.15, 0.2) is 0 Å². The van der Waals surface area contributed by atoms with Crippen molar-refractivity contribution >= 4 is 11.6 Å². The summed E-state index contributed by atoms with van der Waals surface area (Å²) < 4.78 is 0. The SMILES string of the molecule is Cc1cc(C)c(NC(=O)[C@@H]2C3c4ccccc4C(c4ccccc43)[C@@H]2C)c(C)c1. The van der Waals surface area contributed by atoms with Gasteiger partial charge in [0.2, 0.25) is 5.91 Å². The standard InChI is InChI=1S/C27H27NO/c1-15-13-16(2)26(17(3)14-15)28-27(29)24-18(4)23-19-9-5-7-11-21(19)25(24)22-12-8-6-10-20(22)23/h5-14,18,23-25H,1-4H3,(H,28,29)/t18-,23?,24-,25?/m0/s1. The molecule has 29 heavy (non-hydrogen) atoms. The van der Waals surface area contributed by atoms with E-state index in [-0.39, 0.29) is 29.6 Å². The summed E-state index contributed by atoms with van der Waals surface area (Å²) in [5, 5.41) is 3.31. The van der Waals surface area contributed by atoms with Crippen molar-refractivity contribution in [3.05, 3.63) is 99.6 Å². The second kappa shape index (κ2) is 6.59. The second-order valence-corrected chi connectivity index (χ2v) is 8.86. The van der Waals surface area contributed by atoms with Gasteiger partial charge >= 0.3 is 0 Å².